The molecule has 2 atom stereocenters. The van der Waals surface area contributed by atoms with E-state index < -0.39 is 24.1 Å². The van der Waals surface area contributed by atoms with Crippen LogP contribution in [0.4, 0.5) is 0 Å². The van der Waals surface area contributed by atoms with E-state index in [9.17, 15) is 9.59 Å². The molecule has 0 bridgehead atoms. The van der Waals surface area contributed by atoms with Gasteiger partial charge < -0.3 is 18.9 Å². The zero-order valence-electron chi connectivity index (χ0n) is 15.5. The Hall–Kier alpha value is -3.28. The van der Waals surface area contributed by atoms with Crippen molar-refractivity contribution < 1.29 is 28.5 Å². The summed E-state index contributed by atoms with van der Waals surface area (Å²) in [6, 6.07) is 11.7. The predicted molar refractivity (Wildman–Crippen MR) is 102 cm³/mol. The van der Waals surface area contributed by atoms with Crippen LogP contribution in [0.1, 0.15) is 11.1 Å². The van der Waals surface area contributed by atoms with Crippen molar-refractivity contribution in [3.05, 3.63) is 47.5 Å². The number of fused-ring (bicyclic) bond motifs is 2. The van der Waals surface area contributed by atoms with Crippen molar-refractivity contribution in [3.8, 4) is 11.5 Å². The number of esters is 2. The summed E-state index contributed by atoms with van der Waals surface area (Å²) in [7, 11) is 2.72. The second-order valence-corrected chi connectivity index (χ2v) is 7.01. The van der Waals surface area contributed by atoms with Gasteiger partial charge in [-0.15, -0.1) is 0 Å². The molecule has 2 unspecified atom stereocenters. The molecule has 5 rings (SSSR count). The van der Waals surface area contributed by atoms with Gasteiger partial charge in [-0.25, -0.2) is 9.59 Å². The molecule has 3 aromatic rings. The number of hydrogen-bond donors (Lipinski definition) is 0. The molecule has 142 valence electrons. The summed E-state index contributed by atoms with van der Waals surface area (Å²) in [6.45, 7) is 0. The van der Waals surface area contributed by atoms with Gasteiger partial charge in [0, 0.05) is 34.4 Å². The molecule has 6 heteroatoms. The Balaban J connectivity index is 1.81. The molecule has 0 spiro atoms. The molecule has 0 saturated carbocycles. The van der Waals surface area contributed by atoms with E-state index in [1.807, 2.05) is 36.4 Å². The van der Waals surface area contributed by atoms with Crippen molar-refractivity contribution in [3.63, 3.8) is 0 Å². The zero-order valence-corrected chi connectivity index (χ0v) is 15.5. The average molecular weight is 378 g/mol. The van der Waals surface area contributed by atoms with Gasteiger partial charge in [0.05, 0.1) is 14.2 Å². The molecule has 0 radical (unpaired) electrons. The van der Waals surface area contributed by atoms with E-state index in [1.54, 1.807) is 0 Å². The minimum Gasteiger partial charge on any atom is -0.477 e. The van der Waals surface area contributed by atoms with Crippen molar-refractivity contribution in [1.82, 2.24) is 0 Å². The fraction of sp³-hybridized carbons (Fsp3) is 0.273. The summed E-state index contributed by atoms with van der Waals surface area (Å²) in [5, 5.41) is 3.55. The maximum atomic E-state index is 12.2. The summed E-state index contributed by atoms with van der Waals surface area (Å²) < 4.78 is 22.1. The molecule has 2 heterocycles. The first-order valence-electron chi connectivity index (χ1n) is 9.10. The third-order valence-electron chi connectivity index (χ3n) is 5.50. The Kier molecular flexibility index (Phi) is 3.69. The fourth-order valence-electron chi connectivity index (χ4n) is 4.26. The highest BCUT2D eigenvalue weighted by Gasteiger charge is 2.35. The first kappa shape index (κ1) is 16.9. The van der Waals surface area contributed by atoms with Gasteiger partial charge in [0.2, 0.25) is 0 Å². The van der Waals surface area contributed by atoms with E-state index in [0.29, 0.717) is 24.3 Å². The predicted octanol–water partition coefficient (Wildman–Crippen LogP) is 2.95. The number of hydrogen-bond acceptors (Lipinski definition) is 6. The van der Waals surface area contributed by atoms with E-state index in [2.05, 4.69) is 0 Å². The highest BCUT2D eigenvalue weighted by atomic mass is 16.6. The molecule has 3 aromatic carbocycles. The van der Waals surface area contributed by atoms with E-state index in [-0.39, 0.29) is 0 Å². The maximum absolute atomic E-state index is 12.2. The third kappa shape index (κ3) is 2.27. The number of ether oxygens (including phenoxy) is 4. The number of benzene rings is 3. The Bertz CT molecular complexity index is 1060. The number of rotatable bonds is 2. The first-order valence-corrected chi connectivity index (χ1v) is 9.10. The van der Waals surface area contributed by atoms with E-state index >= 15 is 0 Å². The molecule has 0 amide bonds. The second kappa shape index (κ2) is 6.12. The van der Waals surface area contributed by atoms with Gasteiger partial charge in [0.15, 0.2) is 12.2 Å². The highest BCUT2D eigenvalue weighted by Crippen LogP contribution is 2.49. The van der Waals surface area contributed by atoms with Gasteiger partial charge in [-0.2, -0.15) is 0 Å². The van der Waals surface area contributed by atoms with Crippen LogP contribution in [-0.2, 0) is 31.9 Å². The minimum absolute atomic E-state index is 0.398. The quantitative estimate of drug-likeness (QED) is 0.504. The summed E-state index contributed by atoms with van der Waals surface area (Å²) in [6.07, 6.45) is -0.538. The molecule has 28 heavy (non-hydrogen) atoms. The van der Waals surface area contributed by atoms with Crippen molar-refractivity contribution in [2.24, 2.45) is 0 Å². The molecule has 0 fully saturated rings. The summed E-state index contributed by atoms with van der Waals surface area (Å²) in [5.41, 5.74) is 1.97. The number of methoxy groups -OCH3 is 2. The van der Waals surface area contributed by atoms with Crippen LogP contribution in [-0.4, -0.2) is 38.4 Å². The second-order valence-electron chi connectivity index (χ2n) is 7.01. The Morgan fingerprint density at radius 2 is 1.21 bits per heavy atom. The minimum atomic E-state index is -0.688. The van der Waals surface area contributed by atoms with Crippen LogP contribution in [0.2, 0.25) is 0 Å². The van der Waals surface area contributed by atoms with Gasteiger partial charge in [-0.05, 0) is 11.1 Å². The summed E-state index contributed by atoms with van der Waals surface area (Å²) in [4.78, 5) is 24.3. The van der Waals surface area contributed by atoms with Gasteiger partial charge in [-0.3, -0.25) is 0 Å². The lowest BCUT2D eigenvalue weighted by Crippen LogP contribution is -2.35. The number of carbonyl (C=O) groups excluding carboxylic acids is 2. The van der Waals surface area contributed by atoms with Crippen LogP contribution >= 0.6 is 0 Å². The molecule has 0 aromatic heterocycles. The molecule has 2 aliphatic heterocycles. The molecular weight excluding hydrogens is 360 g/mol. The zero-order chi connectivity index (χ0) is 19.4. The molecule has 6 nitrogen and oxygen atoms in total. The Morgan fingerprint density at radius 1 is 0.786 bits per heavy atom. The van der Waals surface area contributed by atoms with Crippen LogP contribution in [0.15, 0.2) is 36.4 Å². The van der Waals surface area contributed by atoms with Crippen molar-refractivity contribution in [2.45, 2.75) is 25.0 Å². The molecule has 0 saturated heterocycles. The molecular formula is C22H18O6. The molecule has 0 N–H and O–H groups in total. The summed E-state index contributed by atoms with van der Waals surface area (Å²) in [5.74, 6) is 0.524. The van der Waals surface area contributed by atoms with E-state index in [0.717, 1.165) is 32.7 Å². The van der Waals surface area contributed by atoms with Crippen molar-refractivity contribution in [2.75, 3.05) is 14.2 Å². The van der Waals surface area contributed by atoms with Crippen LogP contribution in [0.5, 0.6) is 11.5 Å². The van der Waals surface area contributed by atoms with E-state index in [1.165, 1.54) is 14.2 Å². The standard InChI is InChI=1S/C22H18O6/c1-25-21(23)15-9-11-5-3-8-14-17(11)19(27-15)13-7-4-6-12-10-16(22(24)26-2)28-20(14)18(12)13/h3-8,15-16H,9-10H2,1-2H3. The van der Waals surface area contributed by atoms with Gasteiger partial charge in [-0.1, -0.05) is 36.4 Å². The largest absolute Gasteiger partial charge is 0.477 e. The fourth-order valence-corrected chi connectivity index (χ4v) is 4.26. The average Bonchev–Trinajstić information content (AvgIpc) is 2.75. The van der Waals surface area contributed by atoms with Crippen LogP contribution in [0, 0.1) is 0 Å². The highest BCUT2D eigenvalue weighted by molar-refractivity contribution is 6.14. The molecule has 0 aliphatic carbocycles. The van der Waals surface area contributed by atoms with Gasteiger partial charge in [0.1, 0.15) is 11.5 Å². The smallest absolute Gasteiger partial charge is 0.347 e. The summed E-state index contributed by atoms with van der Waals surface area (Å²) >= 11 is 0. The number of carbonyl (C=O) groups is 2. The van der Waals surface area contributed by atoms with Gasteiger partial charge in [0.25, 0.3) is 0 Å². The SMILES string of the molecule is COC(=O)C1Cc2cccc3c4c5c(cccc5c(c23)O1)CC(C(=O)OC)O4. The first-order chi connectivity index (χ1) is 13.6. The topological polar surface area (TPSA) is 71.1 Å². The monoisotopic (exact) mass is 378 g/mol. The Labute approximate surface area is 160 Å². The lowest BCUT2D eigenvalue weighted by molar-refractivity contribution is -0.149. The lowest BCUT2D eigenvalue weighted by Gasteiger charge is -2.31. The van der Waals surface area contributed by atoms with Crippen LogP contribution in [0.25, 0.3) is 21.5 Å². The Morgan fingerprint density at radius 3 is 1.61 bits per heavy atom. The van der Waals surface area contributed by atoms with Crippen LogP contribution < -0.4 is 9.47 Å². The van der Waals surface area contributed by atoms with E-state index in [4.69, 9.17) is 18.9 Å². The van der Waals surface area contributed by atoms with Crippen molar-refractivity contribution >= 4 is 33.5 Å². The lowest BCUT2D eigenvalue weighted by atomic mass is 9.88. The normalized spacial score (nSPS) is 19.6. The maximum Gasteiger partial charge on any atom is 0.347 e. The van der Waals surface area contributed by atoms with Crippen LogP contribution in [0.3, 0.4) is 0 Å². The van der Waals surface area contributed by atoms with Crippen molar-refractivity contribution in [1.29, 1.82) is 0 Å². The molecule has 2 aliphatic rings. The van der Waals surface area contributed by atoms with Gasteiger partial charge >= 0.3 is 11.9 Å². The third-order valence-corrected chi connectivity index (χ3v) is 5.50.